The van der Waals surface area contributed by atoms with Crippen molar-refractivity contribution in [1.82, 2.24) is 0 Å². The molecule has 0 saturated carbocycles. The van der Waals surface area contributed by atoms with E-state index in [-0.39, 0.29) is 5.78 Å². The second-order valence-corrected chi connectivity index (χ2v) is 8.34. The molecule has 198 valence electrons. The molecule has 6 heteroatoms. The van der Waals surface area contributed by atoms with Gasteiger partial charge in [0.25, 0.3) is 5.79 Å². The zero-order valence-corrected chi connectivity index (χ0v) is 22.1. The van der Waals surface area contributed by atoms with Gasteiger partial charge in [0, 0.05) is 45.1 Å². The summed E-state index contributed by atoms with van der Waals surface area (Å²) in [6.07, 6.45) is -0.911. The number of methoxy groups -OCH3 is 4. The Labute approximate surface area is 224 Å². The van der Waals surface area contributed by atoms with Crippen LogP contribution in [0, 0.1) is 0 Å². The number of benzene rings is 4. The maximum Gasteiger partial charge on any atom is 0.260 e. The lowest BCUT2D eigenvalue weighted by atomic mass is 9.94. The Balaban J connectivity index is 0.000000211. The molecule has 0 aromatic heterocycles. The third-order valence-electron chi connectivity index (χ3n) is 6.32. The Morgan fingerprint density at radius 2 is 0.974 bits per heavy atom. The van der Waals surface area contributed by atoms with Crippen molar-refractivity contribution in [1.29, 1.82) is 0 Å². The van der Waals surface area contributed by atoms with Crippen LogP contribution in [0.25, 0.3) is 0 Å². The third kappa shape index (κ3) is 6.07. The fourth-order valence-electron chi connectivity index (χ4n) is 4.30. The molecule has 4 aromatic carbocycles. The molecular formula is C32H34O6. The summed E-state index contributed by atoms with van der Waals surface area (Å²) in [6, 6.07) is 37.0. The molecule has 0 radical (unpaired) electrons. The molecule has 38 heavy (non-hydrogen) atoms. The first kappa shape index (κ1) is 28.9. The average molecular weight is 515 g/mol. The van der Waals surface area contributed by atoms with Crippen molar-refractivity contribution in [3.8, 4) is 0 Å². The van der Waals surface area contributed by atoms with Gasteiger partial charge in [0.15, 0.2) is 0 Å². The highest BCUT2D eigenvalue weighted by Gasteiger charge is 2.42. The first-order chi connectivity index (χ1) is 18.5. The van der Waals surface area contributed by atoms with Crippen molar-refractivity contribution in [2.75, 3.05) is 28.4 Å². The molecule has 4 rings (SSSR count). The number of aliphatic hydroxyl groups is 1. The van der Waals surface area contributed by atoms with Gasteiger partial charge in [-0.1, -0.05) is 121 Å². The first-order valence-electron chi connectivity index (χ1n) is 12.1. The minimum Gasteiger partial charge on any atom is -0.382 e. The predicted octanol–water partition coefficient (Wildman–Crippen LogP) is 5.88. The summed E-state index contributed by atoms with van der Waals surface area (Å²) in [5, 5.41) is 10.6. The van der Waals surface area contributed by atoms with Gasteiger partial charge in [0.1, 0.15) is 6.10 Å². The second kappa shape index (κ2) is 13.8. The van der Waals surface area contributed by atoms with E-state index in [1.54, 1.807) is 12.1 Å². The van der Waals surface area contributed by atoms with E-state index in [0.29, 0.717) is 11.1 Å². The van der Waals surface area contributed by atoms with Gasteiger partial charge in [-0.25, -0.2) is 0 Å². The predicted molar refractivity (Wildman–Crippen MR) is 146 cm³/mol. The number of carbonyl (C=O) groups is 1. The van der Waals surface area contributed by atoms with Gasteiger partial charge < -0.3 is 24.1 Å². The summed E-state index contributed by atoms with van der Waals surface area (Å²) in [7, 11) is 6.00. The molecule has 0 aliphatic carbocycles. The fourth-order valence-corrected chi connectivity index (χ4v) is 4.30. The molecule has 6 nitrogen and oxygen atoms in total. The largest absolute Gasteiger partial charge is 0.382 e. The van der Waals surface area contributed by atoms with Crippen molar-refractivity contribution >= 4 is 5.78 Å². The van der Waals surface area contributed by atoms with Crippen molar-refractivity contribution < 1.29 is 28.8 Å². The summed E-state index contributed by atoms with van der Waals surface area (Å²) in [6.45, 7) is 0. The van der Waals surface area contributed by atoms with Gasteiger partial charge >= 0.3 is 0 Å². The summed E-state index contributed by atoms with van der Waals surface area (Å²) in [4.78, 5) is 12.7. The summed E-state index contributed by atoms with van der Waals surface area (Å²) >= 11 is 0. The SMILES string of the molecule is COC(OC)(C(=O)c1ccccc1)c1ccccc1.COC(OC)(c1ccccc1)C(O)c1ccccc1. The van der Waals surface area contributed by atoms with Crippen LogP contribution in [0.5, 0.6) is 0 Å². The minimum atomic E-state index is -1.40. The Morgan fingerprint density at radius 3 is 1.39 bits per heavy atom. The molecule has 0 aliphatic heterocycles. The van der Waals surface area contributed by atoms with Crippen LogP contribution in [-0.2, 0) is 30.5 Å². The monoisotopic (exact) mass is 514 g/mol. The van der Waals surface area contributed by atoms with Crippen molar-refractivity contribution in [3.63, 3.8) is 0 Å². The zero-order chi connectivity index (χ0) is 27.4. The van der Waals surface area contributed by atoms with Crippen LogP contribution >= 0.6 is 0 Å². The zero-order valence-electron chi connectivity index (χ0n) is 22.1. The van der Waals surface area contributed by atoms with Gasteiger partial charge in [0.2, 0.25) is 11.6 Å². The number of Topliss-reactive ketones (excluding diaryl/α,β-unsaturated/α-hetero) is 1. The van der Waals surface area contributed by atoms with E-state index in [2.05, 4.69) is 0 Å². The molecule has 0 saturated heterocycles. The van der Waals surface area contributed by atoms with Crippen LogP contribution in [0.15, 0.2) is 121 Å². The number of ketones is 1. The number of hydrogen-bond donors (Lipinski definition) is 1. The first-order valence-corrected chi connectivity index (χ1v) is 12.1. The number of carbonyl (C=O) groups excluding carboxylic acids is 1. The van der Waals surface area contributed by atoms with E-state index in [1.807, 2.05) is 109 Å². The average Bonchev–Trinajstić information content (AvgIpc) is 3.01. The van der Waals surface area contributed by atoms with Crippen LogP contribution in [-0.4, -0.2) is 39.3 Å². The van der Waals surface area contributed by atoms with Gasteiger partial charge in [-0.15, -0.1) is 0 Å². The van der Waals surface area contributed by atoms with E-state index in [4.69, 9.17) is 18.9 Å². The van der Waals surface area contributed by atoms with Crippen LogP contribution in [0.1, 0.15) is 33.2 Å². The van der Waals surface area contributed by atoms with Gasteiger partial charge in [-0.3, -0.25) is 4.79 Å². The summed E-state index contributed by atoms with van der Waals surface area (Å²) in [5.74, 6) is -2.82. The Morgan fingerprint density at radius 1 is 0.579 bits per heavy atom. The molecule has 0 fully saturated rings. The Bertz CT molecular complexity index is 1220. The fraction of sp³-hybridized carbons (Fsp3) is 0.219. The van der Waals surface area contributed by atoms with Crippen LogP contribution in [0.3, 0.4) is 0 Å². The lowest BCUT2D eigenvalue weighted by Gasteiger charge is -2.35. The van der Waals surface area contributed by atoms with Crippen LogP contribution < -0.4 is 0 Å². The van der Waals surface area contributed by atoms with Crippen LogP contribution in [0.2, 0.25) is 0 Å². The summed E-state index contributed by atoms with van der Waals surface area (Å²) in [5.41, 5.74) is 2.75. The Hall–Kier alpha value is -3.65. The van der Waals surface area contributed by atoms with Gasteiger partial charge in [-0.2, -0.15) is 0 Å². The molecule has 0 bridgehead atoms. The quantitative estimate of drug-likeness (QED) is 0.210. The highest BCUT2D eigenvalue weighted by Crippen LogP contribution is 2.38. The molecular weight excluding hydrogens is 480 g/mol. The third-order valence-corrected chi connectivity index (χ3v) is 6.32. The van der Waals surface area contributed by atoms with Crippen molar-refractivity contribution in [2.24, 2.45) is 0 Å². The molecule has 1 unspecified atom stereocenters. The molecule has 0 amide bonds. The Kier molecular flexibility index (Phi) is 10.5. The van der Waals surface area contributed by atoms with Crippen LogP contribution in [0.4, 0.5) is 0 Å². The van der Waals surface area contributed by atoms with E-state index in [1.165, 1.54) is 28.4 Å². The highest BCUT2D eigenvalue weighted by molar-refractivity contribution is 6.02. The van der Waals surface area contributed by atoms with E-state index >= 15 is 0 Å². The maximum absolute atomic E-state index is 12.7. The molecule has 4 aromatic rings. The summed E-state index contributed by atoms with van der Waals surface area (Å²) < 4.78 is 21.9. The minimum absolute atomic E-state index is 0.218. The highest BCUT2D eigenvalue weighted by atomic mass is 16.7. The van der Waals surface area contributed by atoms with E-state index in [9.17, 15) is 9.90 Å². The lowest BCUT2D eigenvalue weighted by molar-refractivity contribution is -0.272. The van der Waals surface area contributed by atoms with Gasteiger partial charge in [0.05, 0.1) is 0 Å². The normalized spacial score (nSPS) is 12.2. The maximum atomic E-state index is 12.7. The van der Waals surface area contributed by atoms with E-state index in [0.717, 1.165) is 11.1 Å². The number of hydrogen-bond acceptors (Lipinski definition) is 6. The molecule has 0 aliphatic rings. The van der Waals surface area contributed by atoms with Crippen molar-refractivity contribution in [2.45, 2.75) is 17.7 Å². The smallest absolute Gasteiger partial charge is 0.260 e. The molecule has 1 N–H and O–H groups in total. The number of rotatable bonds is 10. The standard InChI is InChI=1S/C16H18O3.C16H16O3/c2*1-18-16(19-2,14-11-7-4-8-12-14)15(17)13-9-5-3-6-10-13/h3-12,15,17H,1-2H3;3-12H,1-2H3. The van der Waals surface area contributed by atoms with Crippen molar-refractivity contribution in [3.05, 3.63) is 144 Å². The topological polar surface area (TPSA) is 74.2 Å². The molecule has 0 heterocycles. The van der Waals surface area contributed by atoms with E-state index < -0.39 is 17.7 Å². The lowest BCUT2D eigenvalue weighted by Crippen LogP contribution is -2.39. The number of ether oxygens (including phenoxy) is 4. The molecule has 0 spiro atoms. The second-order valence-electron chi connectivity index (χ2n) is 8.34. The number of aliphatic hydroxyl groups excluding tert-OH is 1. The molecule has 1 atom stereocenters. The van der Waals surface area contributed by atoms with Gasteiger partial charge in [-0.05, 0) is 5.56 Å².